The monoisotopic (exact) mass is 558 g/mol. The minimum absolute atomic E-state index is 0.0218. The van der Waals surface area contributed by atoms with Crippen LogP contribution in [-0.2, 0) is 6.61 Å². The Morgan fingerprint density at radius 2 is 1.17 bits per heavy atom. The largest absolute Gasteiger partial charge is 0.508 e. The van der Waals surface area contributed by atoms with E-state index < -0.39 is 5.92 Å². The fraction of sp³-hybridized carbons (Fsp3) is 0.212. The number of carbonyl (C=O) groups is 2. The number of aliphatic hydroxyl groups is 1. The van der Waals surface area contributed by atoms with Crippen molar-refractivity contribution in [3.8, 4) is 28.7 Å². The molecule has 4 aromatic rings. The highest BCUT2D eigenvalue weighted by molar-refractivity contribution is 6.03. The number of phenolic OH excluding ortho intramolecular Hbond substituents is 3. The molecule has 4 N–H and O–H groups in total. The Morgan fingerprint density at radius 3 is 1.68 bits per heavy atom. The number of carbonyl (C=O) groups excluding carboxylic acids is 2. The lowest BCUT2D eigenvalue weighted by Crippen LogP contribution is -2.11. The maximum Gasteiger partial charge on any atom is 0.173 e. The minimum Gasteiger partial charge on any atom is -0.508 e. The van der Waals surface area contributed by atoms with E-state index in [1.54, 1.807) is 44.4 Å². The van der Waals surface area contributed by atoms with E-state index in [1.165, 1.54) is 31.4 Å². The second-order valence-corrected chi connectivity index (χ2v) is 9.43. The highest BCUT2D eigenvalue weighted by Gasteiger charge is 2.22. The van der Waals surface area contributed by atoms with Crippen molar-refractivity contribution in [1.82, 2.24) is 0 Å². The number of ketones is 2. The van der Waals surface area contributed by atoms with Crippen molar-refractivity contribution in [2.24, 2.45) is 0 Å². The van der Waals surface area contributed by atoms with Gasteiger partial charge in [-0.2, -0.15) is 0 Å². The van der Waals surface area contributed by atoms with Crippen molar-refractivity contribution in [3.05, 3.63) is 113 Å². The Kier molecular flexibility index (Phi) is 10.5. The average molecular weight is 559 g/mol. The van der Waals surface area contributed by atoms with Gasteiger partial charge in [-0.05, 0) is 65.2 Å². The summed E-state index contributed by atoms with van der Waals surface area (Å²) < 4.78 is 10.4. The van der Waals surface area contributed by atoms with E-state index >= 15 is 0 Å². The van der Waals surface area contributed by atoms with Gasteiger partial charge in [0.15, 0.2) is 11.6 Å². The molecule has 0 aliphatic heterocycles. The van der Waals surface area contributed by atoms with Crippen LogP contribution in [0.15, 0.2) is 84.9 Å². The lowest BCUT2D eigenvalue weighted by Gasteiger charge is -2.14. The zero-order valence-electron chi connectivity index (χ0n) is 23.4. The molecule has 2 unspecified atom stereocenters. The second kappa shape index (κ2) is 14.0. The normalized spacial score (nSPS) is 11.9. The van der Waals surface area contributed by atoms with Gasteiger partial charge in [0.05, 0.1) is 32.0 Å². The van der Waals surface area contributed by atoms with E-state index in [0.29, 0.717) is 16.9 Å². The first kappa shape index (κ1) is 30.7. The SMILES string of the molecule is CC(C(=O)c1ccc(O)cc1O)c1ccc(O)cc1.COc1ccc(C(C)C(=O)c2ccc(CO)cc2OC)cc1. The lowest BCUT2D eigenvalue weighted by molar-refractivity contribution is 0.0955. The van der Waals surface area contributed by atoms with E-state index in [0.717, 1.165) is 22.9 Å². The molecule has 4 rings (SSSR count). The van der Waals surface area contributed by atoms with Crippen LogP contribution in [0.3, 0.4) is 0 Å². The Labute approximate surface area is 239 Å². The quantitative estimate of drug-likeness (QED) is 0.185. The van der Waals surface area contributed by atoms with Gasteiger partial charge in [-0.3, -0.25) is 9.59 Å². The molecular formula is C33H34O8. The second-order valence-electron chi connectivity index (χ2n) is 9.43. The van der Waals surface area contributed by atoms with E-state index in [1.807, 2.05) is 31.2 Å². The van der Waals surface area contributed by atoms with Crippen molar-refractivity contribution in [2.75, 3.05) is 14.2 Å². The number of phenols is 3. The number of aromatic hydroxyl groups is 3. The standard InChI is InChI=1S/C18H20O4.C15H14O4/c1-12(14-5-7-15(21-2)8-6-14)18(20)16-9-4-13(11-19)10-17(16)22-3;1-9(10-2-4-11(16)5-3-10)15(19)13-7-6-12(17)8-14(13)18/h4-10,12,19H,11H2,1-3H3;2-9,16-18H,1H3. The van der Waals surface area contributed by atoms with Gasteiger partial charge in [-0.1, -0.05) is 44.2 Å². The zero-order chi connectivity index (χ0) is 30.1. The Hall–Kier alpha value is -4.82. The minimum atomic E-state index is -0.448. The molecule has 4 aromatic carbocycles. The van der Waals surface area contributed by atoms with Crippen molar-refractivity contribution in [3.63, 3.8) is 0 Å². The predicted octanol–water partition coefficient (Wildman–Crippen LogP) is 5.97. The molecule has 0 saturated heterocycles. The van der Waals surface area contributed by atoms with Gasteiger partial charge < -0.3 is 29.9 Å². The first-order valence-electron chi connectivity index (χ1n) is 12.9. The Balaban J connectivity index is 0.000000228. The molecule has 0 fully saturated rings. The van der Waals surface area contributed by atoms with E-state index in [9.17, 15) is 30.0 Å². The molecule has 214 valence electrons. The van der Waals surface area contributed by atoms with Crippen LogP contribution in [0.5, 0.6) is 28.7 Å². The van der Waals surface area contributed by atoms with Crippen LogP contribution in [0.25, 0.3) is 0 Å². The van der Waals surface area contributed by atoms with Gasteiger partial charge >= 0.3 is 0 Å². The molecule has 0 aliphatic rings. The first-order chi connectivity index (χ1) is 19.6. The van der Waals surface area contributed by atoms with Gasteiger partial charge in [0.25, 0.3) is 0 Å². The average Bonchev–Trinajstić information content (AvgIpc) is 3.00. The molecule has 0 bridgehead atoms. The molecule has 0 aliphatic carbocycles. The molecular weight excluding hydrogens is 524 g/mol. The van der Waals surface area contributed by atoms with Crippen molar-refractivity contribution in [2.45, 2.75) is 32.3 Å². The van der Waals surface area contributed by atoms with Gasteiger partial charge in [0.2, 0.25) is 0 Å². The molecule has 0 aromatic heterocycles. The van der Waals surface area contributed by atoms with Crippen LogP contribution in [0, 0.1) is 0 Å². The van der Waals surface area contributed by atoms with E-state index in [2.05, 4.69) is 0 Å². The van der Waals surface area contributed by atoms with E-state index in [4.69, 9.17) is 9.47 Å². The third-order valence-corrected chi connectivity index (χ3v) is 6.76. The summed E-state index contributed by atoms with van der Waals surface area (Å²) in [5.74, 6) is 0.0357. The highest BCUT2D eigenvalue weighted by Crippen LogP contribution is 2.30. The van der Waals surface area contributed by atoms with E-state index in [-0.39, 0.29) is 46.9 Å². The molecule has 0 saturated carbocycles. The zero-order valence-corrected chi connectivity index (χ0v) is 23.4. The maximum atomic E-state index is 12.7. The van der Waals surface area contributed by atoms with Crippen LogP contribution < -0.4 is 9.47 Å². The molecule has 0 heterocycles. The predicted molar refractivity (Wildman–Crippen MR) is 155 cm³/mol. The van der Waals surface area contributed by atoms with Crippen LogP contribution in [0.4, 0.5) is 0 Å². The summed E-state index contributed by atoms with van der Waals surface area (Å²) in [4.78, 5) is 25.0. The summed E-state index contributed by atoms with van der Waals surface area (Å²) in [7, 11) is 3.13. The topological polar surface area (TPSA) is 134 Å². The van der Waals surface area contributed by atoms with Crippen molar-refractivity contribution in [1.29, 1.82) is 0 Å². The summed E-state index contributed by atoms with van der Waals surface area (Å²) in [6.07, 6.45) is 0. The van der Waals surface area contributed by atoms with Gasteiger partial charge in [-0.15, -0.1) is 0 Å². The number of hydrogen-bond donors (Lipinski definition) is 4. The highest BCUT2D eigenvalue weighted by atomic mass is 16.5. The lowest BCUT2D eigenvalue weighted by atomic mass is 9.91. The smallest absolute Gasteiger partial charge is 0.173 e. The van der Waals surface area contributed by atoms with Crippen molar-refractivity contribution < 1.29 is 39.5 Å². The number of Topliss-reactive ketones (excluding diaryl/α,β-unsaturated/α-hetero) is 2. The number of rotatable bonds is 9. The molecule has 0 spiro atoms. The number of methoxy groups -OCH3 is 2. The summed E-state index contributed by atoms with van der Waals surface area (Å²) in [6, 6.07) is 22.8. The molecule has 0 radical (unpaired) electrons. The van der Waals surface area contributed by atoms with Gasteiger partial charge in [0.1, 0.15) is 28.7 Å². The Morgan fingerprint density at radius 1 is 0.659 bits per heavy atom. The Bertz CT molecular complexity index is 1480. The number of aliphatic hydroxyl groups excluding tert-OH is 1. The molecule has 8 nitrogen and oxygen atoms in total. The molecule has 2 atom stereocenters. The summed E-state index contributed by atoms with van der Waals surface area (Å²) in [5.41, 5.74) is 3.06. The van der Waals surface area contributed by atoms with Crippen LogP contribution in [0.1, 0.15) is 63.1 Å². The van der Waals surface area contributed by atoms with Crippen LogP contribution in [-0.4, -0.2) is 46.2 Å². The molecule has 8 heteroatoms. The molecule has 0 amide bonds. The van der Waals surface area contributed by atoms with Gasteiger partial charge in [-0.25, -0.2) is 0 Å². The summed E-state index contributed by atoms with van der Waals surface area (Å²) >= 11 is 0. The third kappa shape index (κ3) is 7.64. The van der Waals surface area contributed by atoms with Crippen LogP contribution >= 0.6 is 0 Å². The van der Waals surface area contributed by atoms with Gasteiger partial charge in [0, 0.05) is 17.9 Å². The van der Waals surface area contributed by atoms with Crippen LogP contribution in [0.2, 0.25) is 0 Å². The summed E-state index contributed by atoms with van der Waals surface area (Å²) in [5, 5.41) is 37.3. The number of benzene rings is 4. The maximum absolute atomic E-state index is 12.7. The number of ether oxygens (including phenoxy) is 2. The third-order valence-electron chi connectivity index (χ3n) is 6.76. The fourth-order valence-corrected chi connectivity index (χ4v) is 4.19. The first-order valence-corrected chi connectivity index (χ1v) is 12.9. The summed E-state index contributed by atoms with van der Waals surface area (Å²) in [6.45, 7) is 3.50. The molecule has 41 heavy (non-hydrogen) atoms. The number of hydrogen-bond acceptors (Lipinski definition) is 8. The van der Waals surface area contributed by atoms with Crippen molar-refractivity contribution >= 4 is 11.6 Å². The fourth-order valence-electron chi connectivity index (χ4n) is 4.19.